The van der Waals surface area contributed by atoms with E-state index in [0.29, 0.717) is 6.04 Å². The average Bonchev–Trinajstić information content (AvgIpc) is 2.38. The summed E-state index contributed by atoms with van der Waals surface area (Å²) in [6, 6.07) is 2.25. The fraction of sp³-hybridized carbons (Fsp3) is 0.714. The van der Waals surface area contributed by atoms with Gasteiger partial charge in [0, 0.05) is 42.6 Å². The first-order chi connectivity index (χ1) is 8.83. The van der Waals surface area contributed by atoms with Crippen LogP contribution in [0.2, 0.25) is 0 Å². The van der Waals surface area contributed by atoms with Crippen LogP contribution in [0, 0.1) is 0 Å². The number of hydrogen-bond donors (Lipinski definition) is 1. The van der Waals surface area contributed by atoms with Crippen molar-refractivity contribution in [3.8, 4) is 0 Å². The smallest absolute Gasteiger partial charge is 0.115 e. The summed E-state index contributed by atoms with van der Waals surface area (Å²) in [5.74, 6) is 0. The van der Waals surface area contributed by atoms with E-state index < -0.39 is 0 Å². The lowest BCUT2D eigenvalue weighted by molar-refractivity contribution is 0.0482. The molecule has 2 fully saturated rings. The number of hydrogen-bond acceptors (Lipinski definition) is 4. The van der Waals surface area contributed by atoms with Gasteiger partial charge in [-0.05, 0) is 32.7 Å². The van der Waals surface area contributed by atoms with Gasteiger partial charge >= 0.3 is 0 Å². The third-order valence-corrected chi connectivity index (χ3v) is 4.55. The Kier molecular flexibility index (Phi) is 3.57. The minimum Gasteiger partial charge on any atom is -0.310 e. The Morgan fingerprint density at radius 3 is 2.56 bits per heavy atom. The van der Waals surface area contributed by atoms with Gasteiger partial charge in [-0.3, -0.25) is 0 Å². The minimum absolute atomic E-state index is 0.664. The molecule has 2 unspecified atom stereocenters. The quantitative estimate of drug-likeness (QED) is 0.879. The first-order valence-corrected chi connectivity index (χ1v) is 7.02. The van der Waals surface area contributed by atoms with Crippen molar-refractivity contribution < 1.29 is 0 Å². The highest BCUT2D eigenvalue weighted by Gasteiger charge is 2.35. The molecule has 4 heteroatoms. The van der Waals surface area contributed by atoms with E-state index in [1.54, 1.807) is 6.33 Å². The summed E-state index contributed by atoms with van der Waals surface area (Å²) in [5.41, 5.74) is 1.18. The second-order valence-electron chi connectivity index (χ2n) is 5.70. The molecule has 0 radical (unpaired) electrons. The molecule has 4 nitrogen and oxygen atoms in total. The lowest BCUT2D eigenvalue weighted by Gasteiger charge is -2.47. The van der Waals surface area contributed by atoms with Crippen molar-refractivity contribution in [2.24, 2.45) is 0 Å². The van der Waals surface area contributed by atoms with Crippen LogP contribution >= 0.6 is 0 Å². The van der Waals surface area contributed by atoms with Crippen LogP contribution < -0.4 is 5.32 Å². The largest absolute Gasteiger partial charge is 0.310 e. The topological polar surface area (TPSA) is 41.0 Å². The molecular formula is C14H22N4. The average molecular weight is 246 g/mol. The molecule has 0 spiro atoms. The summed E-state index contributed by atoms with van der Waals surface area (Å²) in [5, 5.41) is 3.68. The molecule has 2 aliphatic rings. The Labute approximate surface area is 109 Å². The summed E-state index contributed by atoms with van der Waals surface area (Å²) in [6.45, 7) is 0.897. The molecular weight excluding hydrogens is 224 g/mol. The summed E-state index contributed by atoms with van der Waals surface area (Å²) in [6.07, 6.45) is 12.1. The van der Waals surface area contributed by atoms with E-state index in [1.165, 1.54) is 37.7 Å². The van der Waals surface area contributed by atoms with E-state index in [2.05, 4.69) is 27.2 Å². The van der Waals surface area contributed by atoms with Gasteiger partial charge in [0.1, 0.15) is 6.33 Å². The SMILES string of the molecule is CN1C2CCCC1CC(NCc1cncnc1)C2. The number of nitrogens with zero attached hydrogens (tertiary/aromatic N) is 3. The highest BCUT2D eigenvalue weighted by molar-refractivity contribution is 5.03. The van der Waals surface area contributed by atoms with Crippen molar-refractivity contribution in [3.05, 3.63) is 24.3 Å². The van der Waals surface area contributed by atoms with Crippen molar-refractivity contribution in [2.75, 3.05) is 7.05 Å². The normalized spacial score (nSPS) is 32.4. The van der Waals surface area contributed by atoms with Crippen LogP contribution in [0.4, 0.5) is 0 Å². The summed E-state index contributed by atoms with van der Waals surface area (Å²) >= 11 is 0. The molecule has 0 amide bonds. The maximum atomic E-state index is 4.06. The molecule has 3 rings (SSSR count). The van der Waals surface area contributed by atoms with E-state index in [4.69, 9.17) is 0 Å². The van der Waals surface area contributed by atoms with Gasteiger partial charge < -0.3 is 10.2 Å². The minimum atomic E-state index is 0.664. The molecule has 98 valence electrons. The summed E-state index contributed by atoms with van der Waals surface area (Å²) < 4.78 is 0. The van der Waals surface area contributed by atoms with Gasteiger partial charge in [-0.25, -0.2) is 9.97 Å². The van der Waals surface area contributed by atoms with Gasteiger partial charge in [0.2, 0.25) is 0 Å². The zero-order valence-electron chi connectivity index (χ0n) is 11.0. The third kappa shape index (κ3) is 2.54. The van der Waals surface area contributed by atoms with Crippen LogP contribution in [0.5, 0.6) is 0 Å². The van der Waals surface area contributed by atoms with Crippen LogP contribution in [0.1, 0.15) is 37.7 Å². The van der Waals surface area contributed by atoms with E-state index in [9.17, 15) is 0 Å². The predicted molar refractivity (Wildman–Crippen MR) is 71.1 cm³/mol. The highest BCUT2D eigenvalue weighted by Crippen LogP contribution is 2.32. The number of piperidine rings is 2. The number of nitrogens with one attached hydrogen (secondary N) is 1. The molecule has 0 aliphatic carbocycles. The van der Waals surface area contributed by atoms with Crippen molar-refractivity contribution in [3.63, 3.8) is 0 Å². The first kappa shape index (κ1) is 12.1. The Balaban J connectivity index is 1.55. The fourth-order valence-corrected chi connectivity index (χ4v) is 3.47. The van der Waals surface area contributed by atoms with Crippen LogP contribution in [-0.4, -0.2) is 40.0 Å². The Morgan fingerprint density at radius 2 is 1.89 bits per heavy atom. The predicted octanol–water partition coefficient (Wildman–Crippen LogP) is 1.58. The van der Waals surface area contributed by atoms with Gasteiger partial charge in [0.05, 0.1) is 0 Å². The van der Waals surface area contributed by atoms with Crippen molar-refractivity contribution >= 4 is 0 Å². The van der Waals surface area contributed by atoms with E-state index in [1.807, 2.05) is 12.4 Å². The Hall–Kier alpha value is -1.00. The molecule has 1 aromatic heterocycles. The molecule has 2 atom stereocenters. The second kappa shape index (κ2) is 5.33. The van der Waals surface area contributed by atoms with Gasteiger partial charge in [-0.1, -0.05) is 6.42 Å². The molecule has 3 heterocycles. The molecule has 2 bridgehead atoms. The second-order valence-corrected chi connectivity index (χ2v) is 5.70. The summed E-state index contributed by atoms with van der Waals surface area (Å²) in [7, 11) is 2.30. The number of aromatic nitrogens is 2. The van der Waals surface area contributed by atoms with E-state index in [0.717, 1.165) is 18.6 Å². The standard InChI is InChI=1S/C14H22N4/c1-18-13-3-2-4-14(18)6-12(5-13)17-9-11-7-15-10-16-8-11/h7-8,10,12-14,17H,2-6,9H2,1H3. The van der Waals surface area contributed by atoms with Crippen LogP contribution in [-0.2, 0) is 6.54 Å². The molecule has 1 aromatic rings. The molecule has 0 aromatic carbocycles. The fourth-order valence-electron chi connectivity index (χ4n) is 3.47. The van der Waals surface area contributed by atoms with Crippen molar-refractivity contribution in [1.82, 2.24) is 20.2 Å². The maximum Gasteiger partial charge on any atom is 0.115 e. The highest BCUT2D eigenvalue weighted by atomic mass is 15.2. The maximum absolute atomic E-state index is 4.06. The van der Waals surface area contributed by atoms with E-state index in [-0.39, 0.29) is 0 Å². The zero-order valence-corrected chi connectivity index (χ0v) is 11.0. The van der Waals surface area contributed by atoms with Crippen LogP contribution in [0.15, 0.2) is 18.7 Å². The van der Waals surface area contributed by atoms with Crippen LogP contribution in [0.3, 0.4) is 0 Å². The molecule has 2 aliphatic heterocycles. The number of fused-ring (bicyclic) bond motifs is 2. The lowest BCUT2D eigenvalue weighted by Crippen LogP contribution is -2.54. The molecule has 1 N–H and O–H groups in total. The Morgan fingerprint density at radius 1 is 1.22 bits per heavy atom. The van der Waals surface area contributed by atoms with Crippen molar-refractivity contribution in [2.45, 2.75) is 56.8 Å². The van der Waals surface area contributed by atoms with Crippen LogP contribution in [0.25, 0.3) is 0 Å². The van der Waals surface area contributed by atoms with Gasteiger partial charge in [-0.15, -0.1) is 0 Å². The molecule has 0 saturated carbocycles. The third-order valence-electron chi connectivity index (χ3n) is 4.55. The Bertz CT molecular complexity index is 367. The van der Waals surface area contributed by atoms with Gasteiger partial charge in [-0.2, -0.15) is 0 Å². The van der Waals surface area contributed by atoms with E-state index >= 15 is 0 Å². The van der Waals surface area contributed by atoms with Crippen molar-refractivity contribution in [1.29, 1.82) is 0 Å². The monoisotopic (exact) mass is 246 g/mol. The lowest BCUT2D eigenvalue weighted by atomic mass is 9.82. The molecule has 18 heavy (non-hydrogen) atoms. The zero-order chi connectivity index (χ0) is 12.4. The first-order valence-electron chi connectivity index (χ1n) is 7.02. The van der Waals surface area contributed by atoms with Gasteiger partial charge in [0.25, 0.3) is 0 Å². The molecule has 2 saturated heterocycles. The number of rotatable bonds is 3. The summed E-state index contributed by atoms with van der Waals surface area (Å²) in [4.78, 5) is 10.7. The van der Waals surface area contributed by atoms with Gasteiger partial charge in [0.15, 0.2) is 0 Å².